The van der Waals surface area contributed by atoms with E-state index in [0.717, 1.165) is 76.2 Å². The average Bonchev–Trinajstić information content (AvgIpc) is 3.50. The Morgan fingerprint density at radius 2 is 2.00 bits per heavy atom. The molecule has 0 aromatic rings. The van der Waals surface area contributed by atoms with Crippen LogP contribution in [0.25, 0.3) is 0 Å². The zero-order chi connectivity index (χ0) is 18.8. The predicted molar refractivity (Wildman–Crippen MR) is 103 cm³/mol. The van der Waals surface area contributed by atoms with Gasteiger partial charge in [-0.3, -0.25) is 9.59 Å². The summed E-state index contributed by atoms with van der Waals surface area (Å²) in [5, 5.41) is 3.20. The number of hydrogen-bond acceptors (Lipinski definition) is 4. The largest absolute Gasteiger partial charge is 0.482 e. The number of rotatable bonds is 6. The van der Waals surface area contributed by atoms with Crippen LogP contribution in [-0.2, 0) is 14.3 Å². The van der Waals surface area contributed by atoms with E-state index in [9.17, 15) is 9.59 Å². The van der Waals surface area contributed by atoms with Gasteiger partial charge in [-0.2, -0.15) is 0 Å². The van der Waals surface area contributed by atoms with Crippen molar-refractivity contribution in [2.75, 3.05) is 32.8 Å². The number of fused-ring (bicyclic) bond motifs is 1. The first-order chi connectivity index (χ1) is 13.1. The second-order valence-electron chi connectivity index (χ2n) is 8.42. The van der Waals surface area contributed by atoms with Crippen molar-refractivity contribution in [2.24, 2.45) is 11.8 Å². The fourth-order valence-corrected chi connectivity index (χ4v) is 4.19. The van der Waals surface area contributed by atoms with Crippen molar-refractivity contribution in [1.29, 1.82) is 0 Å². The van der Waals surface area contributed by atoms with Crippen LogP contribution < -0.4 is 5.32 Å². The van der Waals surface area contributed by atoms with Crippen molar-refractivity contribution < 1.29 is 14.3 Å². The van der Waals surface area contributed by atoms with Crippen molar-refractivity contribution in [3.05, 3.63) is 23.6 Å². The smallest absolute Gasteiger partial charge is 0.265 e. The number of nitrogens with zero attached hydrogens (tertiary/aromatic N) is 2. The fraction of sp³-hybridized carbons (Fsp3) is 0.714. The summed E-state index contributed by atoms with van der Waals surface area (Å²) in [5.41, 5.74) is 0.964. The molecule has 4 rings (SSSR count). The van der Waals surface area contributed by atoms with Crippen molar-refractivity contribution in [2.45, 2.75) is 51.5 Å². The number of hydrogen-bond donors (Lipinski definition) is 1. The number of amides is 2. The predicted octanol–water partition coefficient (Wildman–Crippen LogP) is 2.03. The van der Waals surface area contributed by atoms with Crippen LogP contribution >= 0.6 is 0 Å². The summed E-state index contributed by atoms with van der Waals surface area (Å²) < 4.78 is 5.59. The molecule has 27 heavy (non-hydrogen) atoms. The van der Waals surface area contributed by atoms with Crippen LogP contribution in [0.1, 0.15) is 45.4 Å². The molecule has 6 heteroatoms. The van der Waals surface area contributed by atoms with E-state index in [4.69, 9.17) is 4.74 Å². The number of piperidine rings is 1. The third kappa shape index (κ3) is 4.54. The van der Waals surface area contributed by atoms with Gasteiger partial charge in [0, 0.05) is 31.6 Å². The lowest BCUT2D eigenvalue weighted by atomic mass is 9.98. The van der Waals surface area contributed by atoms with Crippen LogP contribution in [-0.4, -0.2) is 60.4 Å². The van der Waals surface area contributed by atoms with Crippen LogP contribution in [0.2, 0.25) is 0 Å². The number of carbonyl (C=O) groups excluding carboxylic acids is 2. The Kier molecular flexibility index (Phi) is 5.53. The van der Waals surface area contributed by atoms with E-state index in [1.807, 2.05) is 4.90 Å². The van der Waals surface area contributed by atoms with Crippen molar-refractivity contribution in [1.82, 2.24) is 15.1 Å². The summed E-state index contributed by atoms with van der Waals surface area (Å²) in [6.07, 6.45) is 10.4. The average molecular weight is 373 g/mol. The van der Waals surface area contributed by atoms with Gasteiger partial charge < -0.3 is 19.9 Å². The van der Waals surface area contributed by atoms with Gasteiger partial charge in [-0.05, 0) is 57.1 Å². The molecule has 4 aliphatic rings. The van der Waals surface area contributed by atoms with Gasteiger partial charge in [0.2, 0.25) is 5.91 Å². The Bertz CT molecular complexity index is 645. The van der Waals surface area contributed by atoms with Gasteiger partial charge in [0.05, 0.1) is 5.70 Å². The lowest BCUT2D eigenvalue weighted by molar-refractivity contribution is -0.136. The highest BCUT2D eigenvalue weighted by Gasteiger charge is 2.32. The summed E-state index contributed by atoms with van der Waals surface area (Å²) in [5.74, 6) is 1.95. The van der Waals surface area contributed by atoms with Crippen molar-refractivity contribution in [3.8, 4) is 0 Å². The van der Waals surface area contributed by atoms with Gasteiger partial charge in [0.15, 0.2) is 6.61 Å². The molecule has 2 saturated heterocycles. The molecule has 2 heterocycles. The second-order valence-corrected chi connectivity index (χ2v) is 8.42. The molecular formula is C21H31N3O3. The molecule has 1 unspecified atom stereocenters. The topological polar surface area (TPSA) is 61.9 Å². The lowest BCUT2D eigenvalue weighted by Crippen LogP contribution is -2.46. The Morgan fingerprint density at radius 3 is 2.74 bits per heavy atom. The molecule has 148 valence electrons. The van der Waals surface area contributed by atoms with E-state index in [0.29, 0.717) is 17.9 Å². The molecule has 0 aromatic carbocycles. The minimum absolute atomic E-state index is 0.0639. The Balaban J connectivity index is 1.21. The molecule has 0 bridgehead atoms. The van der Waals surface area contributed by atoms with E-state index in [2.05, 4.69) is 29.3 Å². The van der Waals surface area contributed by atoms with Crippen LogP contribution in [0.5, 0.6) is 0 Å². The van der Waals surface area contributed by atoms with Crippen LogP contribution in [0.3, 0.4) is 0 Å². The molecule has 1 N–H and O–H groups in total. The third-order valence-electron chi connectivity index (χ3n) is 6.05. The molecule has 6 nitrogen and oxygen atoms in total. The van der Waals surface area contributed by atoms with Crippen molar-refractivity contribution in [3.63, 3.8) is 0 Å². The van der Waals surface area contributed by atoms with E-state index < -0.39 is 0 Å². The first kappa shape index (κ1) is 18.5. The number of likely N-dealkylation sites (tertiary alicyclic amines) is 1. The van der Waals surface area contributed by atoms with E-state index in [1.54, 1.807) is 0 Å². The summed E-state index contributed by atoms with van der Waals surface area (Å²) in [7, 11) is 0. The summed E-state index contributed by atoms with van der Waals surface area (Å²) in [6, 6.07) is 0.344. The lowest BCUT2D eigenvalue weighted by Gasteiger charge is -2.35. The monoisotopic (exact) mass is 373 g/mol. The van der Waals surface area contributed by atoms with Crippen LogP contribution in [0.4, 0.5) is 0 Å². The van der Waals surface area contributed by atoms with Crippen molar-refractivity contribution >= 4 is 11.8 Å². The zero-order valence-corrected chi connectivity index (χ0v) is 16.3. The molecule has 0 spiro atoms. The number of carbonyl (C=O) groups is 2. The third-order valence-corrected chi connectivity index (χ3v) is 6.05. The molecule has 2 aliphatic carbocycles. The van der Waals surface area contributed by atoms with Gasteiger partial charge in [0.25, 0.3) is 5.91 Å². The minimum Gasteiger partial charge on any atom is -0.482 e. The van der Waals surface area contributed by atoms with Crippen LogP contribution in [0, 0.1) is 11.8 Å². The number of allylic oxidation sites excluding steroid dienone is 2. The number of morpholine rings is 1. The highest BCUT2D eigenvalue weighted by Crippen LogP contribution is 2.30. The molecule has 0 radical (unpaired) electrons. The Hall–Kier alpha value is -1.82. The SMILES string of the molecule is CC1C=C2C(=CC1)OCC(=O)N2CCCN1CCC(NC(=O)C2CC2)CC1. The Morgan fingerprint density at radius 1 is 1.22 bits per heavy atom. The quantitative estimate of drug-likeness (QED) is 0.774. The number of ether oxygens (including phenoxy) is 1. The second kappa shape index (κ2) is 8.05. The first-order valence-corrected chi connectivity index (χ1v) is 10.5. The Labute approximate surface area is 161 Å². The van der Waals surface area contributed by atoms with Gasteiger partial charge in [0.1, 0.15) is 5.76 Å². The van der Waals surface area contributed by atoms with Crippen LogP contribution in [0.15, 0.2) is 23.6 Å². The highest BCUT2D eigenvalue weighted by atomic mass is 16.5. The molecule has 2 amide bonds. The summed E-state index contributed by atoms with van der Waals surface area (Å²) in [6.45, 7) is 6.12. The minimum atomic E-state index is 0.0639. The maximum Gasteiger partial charge on any atom is 0.265 e. The molecular weight excluding hydrogens is 342 g/mol. The molecule has 2 aliphatic heterocycles. The zero-order valence-electron chi connectivity index (χ0n) is 16.3. The van der Waals surface area contributed by atoms with Gasteiger partial charge >= 0.3 is 0 Å². The normalized spacial score (nSPS) is 26.8. The maximum atomic E-state index is 12.3. The molecule has 1 saturated carbocycles. The molecule has 1 atom stereocenters. The van der Waals surface area contributed by atoms with Gasteiger partial charge in [-0.25, -0.2) is 0 Å². The fourth-order valence-electron chi connectivity index (χ4n) is 4.19. The number of nitrogens with one attached hydrogen (secondary N) is 1. The maximum absolute atomic E-state index is 12.3. The standard InChI is InChI=1S/C21H31N3O3/c1-15-3-6-19-18(13-15)24(20(25)14-27-19)10-2-9-23-11-7-17(8-12-23)22-21(26)16-4-5-16/h6,13,15-17H,2-5,7-12,14H2,1H3,(H,22,26). The van der Waals surface area contributed by atoms with Gasteiger partial charge in [-0.15, -0.1) is 0 Å². The first-order valence-electron chi connectivity index (χ1n) is 10.5. The van der Waals surface area contributed by atoms with E-state index in [-0.39, 0.29) is 18.4 Å². The van der Waals surface area contributed by atoms with E-state index >= 15 is 0 Å². The molecule has 3 fully saturated rings. The molecule has 0 aromatic heterocycles. The summed E-state index contributed by atoms with van der Waals surface area (Å²) >= 11 is 0. The highest BCUT2D eigenvalue weighted by molar-refractivity contribution is 5.82. The van der Waals surface area contributed by atoms with Gasteiger partial charge in [-0.1, -0.05) is 13.0 Å². The van der Waals surface area contributed by atoms with E-state index in [1.165, 1.54) is 0 Å². The summed E-state index contributed by atoms with van der Waals surface area (Å²) in [4.78, 5) is 28.6.